The van der Waals surface area contributed by atoms with Gasteiger partial charge in [-0.15, -0.1) is 0 Å². The smallest absolute Gasteiger partial charge is 0.171 e. The Morgan fingerprint density at radius 3 is 2.94 bits per heavy atom. The fourth-order valence-corrected chi connectivity index (χ4v) is 2.68. The summed E-state index contributed by atoms with van der Waals surface area (Å²) in [5.74, 6) is 0.639. The van der Waals surface area contributed by atoms with E-state index < -0.39 is 0 Å². The van der Waals surface area contributed by atoms with Gasteiger partial charge < -0.3 is 5.32 Å². The van der Waals surface area contributed by atoms with Crippen molar-refractivity contribution in [3.8, 4) is 0 Å². The van der Waals surface area contributed by atoms with Gasteiger partial charge in [0, 0.05) is 18.2 Å². The summed E-state index contributed by atoms with van der Waals surface area (Å²) in [6, 6.07) is 0. The first-order valence-electron chi connectivity index (χ1n) is 6.83. The van der Waals surface area contributed by atoms with Crippen molar-refractivity contribution in [3.05, 3.63) is 18.0 Å². The lowest BCUT2D eigenvalue weighted by Gasteiger charge is -2.35. The molecular weight excluding hydrogens is 226 g/mol. The summed E-state index contributed by atoms with van der Waals surface area (Å²) in [6.45, 7) is 8.98. The van der Waals surface area contributed by atoms with Gasteiger partial charge in [0.25, 0.3) is 0 Å². The van der Waals surface area contributed by atoms with Crippen LogP contribution in [0.15, 0.2) is 12.4 Å². The maximum absolute atomic E-state index is 12.6. The Morgan fingerprint density at radius 2 is 2.39 bits per heavy atom. The lowest BCUT2D eigenvalue weighted by molar-refractivity contribution is 0.0708. The topological polar surface area (TPSA) is 46.9 Å². The van der Waals surface area contributed by atoms with Crippen molar-refractivity contribution >= 4 is 5.78 Å². The maximum atomic E-state index is 12.6. The molecule has 18 heavy (non-hydrogen) atoms. The monoisotopic (exact) mass is 249 g/mol. The second-order valence-electron chi connectivity index (χ2n) is 5.68. The Balaban J connectivity index is 2.15. The summed E-state index contributed by atoms with van der Waals surface area (Å²) in [6.07, 6.45) is 5.85. The van der Waals surface area contributed by atoms with Gasteiger partial charge in [-0.3, -0.25) is 9.48 Å². The van der Waals surface area contributed by atoms with Crippen LogP contribution in [0.1, 0.15) is 44.0 Å². The third kappa shape index (κ3) is 2.48. The number of ketones is 1. The van der Waals surface area contributed by atoms with Gasteiger partial charge in [0.2, 0.25) is 0 Å². The molecule has 100 valence electrons. The van der Waals surface area contributed by atoms with Crippen LogP contribution >= 0.6 is 0 Å². The fraction of sp³-hybridized carbons (Fsp3) is 0.714. The highest BCUT2D eigenvalue weighted by Crippen LogP contribution is 2.34. The van der Waals surface area contributed by atoms with Crippen molar-refractivity contribution in [1.29, 1.82) is 0 Å². The minimum absolute atomic E-state index is 0.218. The van der Waals surface area contributed by atoms with E-state index in [9.17, 15) is 4.79 Å². The summed E-state index contributed by atoms with van der Waals surface area (Å²) < 4.78 is 1.81. The number of rotatable bonds is 4. The van der Waals surface area contributed by atoms with E-state index in [1.54, 1.807) is 6.20 Å². The van der Waals surface area contributed by atoms with Crippen molar-refractivity contribution in [2.45, 2.75) is 40.2 Å². The van der Waals surface area contributed by atoms with Crippen LogP contribution in [0.2, 0.25) is 0 Å². The Kier molecular flexibility index (Phi) is 3.85. The highest BCUT2D eigenvalue weighted by atomic mass is 16.1. The molecule has 2 heterocycles. The number of piperidine rings is 1. The van der Waals surface area contributed by atoms with E-state index in [1.165, 1.54) is 0 Å². The van der Waals surface area contributed by atoms with Gasteiger partial charge >= 0.3 is 0 Å². The molecule has 0 radical (unpaired) electrons. The second-order valence-corrected chi connectivity index (χ2v) is 5.68. The molecule has 1 atom stereocenters. The minimum atomic E-state index is -0.310. The average Bonchev–Trinajstić information content (AvgIpc) is 2.87. The van der Waals surface area contributed by atoms with Crippen LogP contribution in [-0.4, -0.2) is 28.7 Å². The molecule has 0 amide bonds. The van der Waals surface area contributed by atoms with E-state index in [-0.39, 0.29) is 11.2 Å². The largest absolute Gasteiger partial charge is 0.316 e. The standard InChI is InChI=1S/C14H23N3O/c1-4-17-10-11(8-16-17)13(18)14(2,3)12-6-5-7-15-9-12/h8,10,12,15H,4-7,9H2,1-3H3. The molecule has 1 aromatic heterocycles. The molecule has 0 aliphatic carbocycles. The Bertz CT molecular complexity index is 416. The summed E-state index contributed by atoms with van der Waals surface area (Å²) in [5.41, 5.74) is 0.432. The first-order chi connectivity index (χ1) is 8.55. The van der Waals surface area contributed by atoms with Gasteiger partial charge in [0.05, 0.1) is 11.8 Å². The number of Topliss-reactive ketones (excluding diaryl/α,β-unsaturated/α-hetero) is 1. The Hall–Kier alpha value is -1.16. The molecule has 4 heteroatoms. The Labute approximate surface area is 109 Å². The van der Waals surface area contributed by atoms with Crippen LogP contribution in [0.4, 0.5) is 0 Å². The predicted molar refractivity (Wildman–Crippen MR) is 71.6 cm³/mol. The zero-order valence-electron chi connectivity index (χ0n) is 11.6. The van der Waals surface area contributed by atoms with Crippen molar-refractivity contribution in [3.63, 3.8) is 0 Å². The molecule has 1 N–H and O–H groups in total. The summed E-state index contributed by atoms with van der Waals surface area (Å²) in [7, 11) is 0. The van der Waals surface area contributed by atoms with Gasteiger partial charge in [0.1, 0.15) is 0 Å². The lowest BCUT2D eigenvalue weighted by atomic mass is 9.71. The minimum Gasteiger partial charge on any atom is -0.316 e. The predicted octanol–water partition coefficient (Wildman–Crippen LogP) is 2.11. The molecule has 2 rings (SSSR count). The van der Waals surface area contributed by atoms with Gasteiger partial charge in [0.15, 0.2) is 5.78 Å². The summed E-state index contributed by atoms with van der Waals surface area (Å²) in [5, 5.41) is 7.59. The van der Waals surface area contributed by atoms with Crippen molar-refractivity contribution < 1.29 is 4.79 Å². The number of aryl methyl sites for hydroxylation is 1. The molecule has 0 saturated carbocycles. The number of carbonyl (C=O) groups is 1. The first-order valence-corrected chi connectivity index (χ1v) is 6.83. The van der Waals surface area contributed by atoms with E-state index >= 15 is 0 Å². The molecule has 1 aromatic rings. The van der Waals surface area contributed by atoms with E-state index in [4.69, 9.17) is 0 Å². The van der Waals surface area contributed by atoms with Crippen molar-refractivity contribution in [2.24, 2.45) is 11.3 Å². The van der Waals surface area contributed by atoms with Crippen LogP contribution < -0.4 is 5.32 Å². The quantitative estimate of drug-likeness (QED) is 0.831. The highest BCUT2D eigenvalue weighted by molar-refractivity contribution is 5.99. The molecule has 1 aliphatic heterocycles. The maximum Gasteiger partial charge on any atom is 0.171 e. The number of nitrogens with zero attached hydrogens (tertiary/aromatic N) is 2. The SMILES string of the molecule is CCn1cc(C(=O)C(C)(C)C2CCCNC2)cn1. The van der Waals surface area contributed by atoms with E-state index in [1.807, 2.05) is 17.8 Å². The van der Waals surface area contributed by atoms with Crippen LogP contribution in [0.5, 0.6) is 0 Å². The van der Waals surface area contributed by atoms with E-state index in [0.29, 0.717) is 5.92 Å². The molecular formula is C14H23N3O. The number of carbonyl (C=O) groups excluding carboxylic acids is 1. The van der Waals surface area contributed by atoms with Crippen LogP contribution in [0, 0.1) is 11.3 Å². The lowest BCUT2D eigenvalue weighted by Crippen LogP contribution is -2.42. The summed E-state index contributed by atoms with van der Waals surface area (Å²) >= 11 is 0. The number of aromatic nitrogens is 2. The molecule has 1 unspecified atom stereocenters. The zero-order valence-corrected chi connectivity index (χ0v) is 11.6. The molecule has 0 bridgehead atoms. The van der Waals surface area contributed by atoms with Gasteiger partial charge in [-0.2, -0.15) is 5.10 Å². The fourth-order valence-electron chi connectivity index (χ4n) is 2.68. The van der Waals surface area contributed by atoms with Crippen LogP contribution in [-0.2, 0) is 6.54 Å². The number of hydrogen-bond donors (Lipinski definition) is 1. The highest BCUT2D eigenvalue weighted by Gasteiger charge is 2.38. The summed E-state index contributed by atoms with van der Waals surface area (Å²) in [4.78, 5) is 12.6. The van der Waals surface area contributed by atoms with Crippen LogP contribution in [0.25, 0.3) is 0 Å². The Morgan fingerprint density at radius 1 is 1.61 bits per heavy atom. The normalized spacial score (nSPS) is 20.9. The number of hydrogen-bond acceptors (Lipinski definition) is 3. The number of nitrogens with one attached hydrogen (secondary N) is 1. The zero-order chi connectivity index (χ0) is 13.2. The van der Waals surface area contributed by atoms with E-state index in [0.717, 1.165) is 38.0 Å². The average molecular weight is 249 g/mol. The molecule has 1 fully saturated rings. The molecule has 0 aromatic carbocycles. The molecule has 4 nitrogen and oxygen atoms in total. The van der Waals surface area contributed by atoms with Crippen molar-refractivity contribution in [2.75, 3.05) is 13.1 Å². The first kappa shape index (κ1) is 13.3. The van der Waals surface area contributed by atoms with Crippen LogP contribution in [0.3, 0.4) is 0 Å². The molecule has 1 saturated heterocycles. The van der Waals surface area contributed by atoms with E-state index in [2.05, 4.69) is 24.3 Å². The van der Waals surface area contributed by atoms with Gasteiger partial charge in [-0.25, -0.2) is 0 Å². The van der Waals surface area contributed by atoms with Gasteiger partial charge in [-0.1, -0.05) is 13.8 Å². The third-order valence-corrected chi connectivity index (χ3v) is 4.12. The van der Waals surface area contributed by atoms with Crippen molar-refractivity contribution in [1.82, 2.24) is 15.1 Å². The second kappa shape index (κ2) is 5.22. The molecule has 0 spiro atoms. The van der Waals surface area contributed by atoms with Gasteiger partial charge in [-0.05, 0) is 38.8 Å². The molecule has 1 aliphatic rings. The third-order valence-electron chi connectivity index (χ3n) is 4.12.